The third-order valence-corrected chi connectivity index (χ3v) is 4.50. The number of halogens is 2. The first kappa shape index (κ1) is 12.1. The summed E-state index contributed by atoms with van der Waals surface area (Å²) in [4.78, 5) is 4.63. The normalized spacial score (nSPS) is 11.0. The number of nitrogens with two attached hydrogens (primary N) is 1. The minimum Gasteiger partial charge on any atom is -0.399 e. The predicted molar refractivity (Wildman–Crippen MR) is 84.9 cm³/mol. The molecule has 2 nitrogen and oxygen atoms in total. The van der Waals surface area contributed by atoms with Gasteiger partial charge < -0.3 is 5.73 Å². The summed E-state index contributed by atoms with van der Waals surface area (Å²) >= 11 is 8.63. The van der Waals surface area contributed by atoms with Crippen LogP contribution in [0.3, 0.4) is 0 Å². The molecule has 0 amide bonds. The Bertz CT molecular complexity index is 717. The zero-order chi connectivity index (χ0) is 12.7. The van der Waals surface area contributed by atoms with Crippen molar-refractivity contribution >= 4 is 59.1 Å². The van der Waals surface area contributed by atoms with E-state index in [1.165, 1.54) is 0 Å². The van der Waals surface area contributed by atoms with E-state index in [-0.39, 0.29) is 0 Å². The molecular formula is C13H8Br2N2S. The van der Waals surface area contributed by atoms with Crippen LogP contribution in [0.2, 0.25) is 0 Å². The van der Waals surface area contributed by atoms with Crippen LogP contribution >= 0.6 is 43.2 Å². The Morgan fingerprint density at radius 3 is 2.44 bits per heavy atom. The van der Waals surface area contributed by atoms with Gasteiger partial charge in [-0.25, -0.2) is 4.98 Å². The molecule has 2 N–H and O–H groups in total. The molecule has 3 rings (SSSR count). The lowest BCUT2D eigenvalue weighted by Gasteiger charge is -1.98. The molecule has 3 aromatic rings. The summed E-state index contributed by atoms with van der Waals surface area (Å²) in [6.07, 6.45) is 0. The molecule has 2 aromatic carbocycles. The Morgan fingerprint density at radius 2 is 1.72 bits per heavy atom. The fourth-order valence-corrected chi connectivity index (χ4v) is 4.04. The highest BCUT2D eigenvalue weighted by Gasteiger charge is 2.08. The largest absolute Gasteiger partial charge is 0.399 e. The van der Waals surface area contributed by atoms with Crippen molar-refractivity contribution in [1.82, 2.24) is 4.98 Å². The minimum absolute atomic E-state index is 0.771. The number of hydrogen-bond acceptors (Lipinski definition) is 3. The van der Waals surface area contributed by atoms with E-state index in [0.29, 0.717) is 0 Å². The molecule has 0 atom stereocenters. The SMILES string of the molecule is Nc1ccc2nc(-c3cc(Br)cc(Br)c3)sc2c1. The zero-order valence-corrected chi connectivity index (χ0v) is 13.1. The van der Waals surface area contributed by atoms with Crippen molar-refractivity contribution in [2.45, 2.75) is 0 Å². The predicted octanol–water partition coefficient (Wildman–Crippen LogP) is 5.07. The van der Waals surface area contributed by atoms with E-state index in [0.717, 1.165) is 35.4 Å². The highest BCUT2D eigenvalue weighted by atomic mass is 79.9. The lowest BCUT2D eigenvalue weighted by molar-refractivity contribution is 1.46. The van der Waals surface area contributed by atoms with E-state index in [1.807, 2.05) is 24.3 Å². The number of thiazole rings is 1. The van der Waals surface area contributed by atoms with Gasteiger partial charge in [0.25, 0.3) is 0 Å². The first-order chi connectivity index (χ1) is 8.61. The molecule has 1 heterocycles. The highest BCUT2D eigenvalue weighted by Crippen LogP contribution is 2.34. The maximum Gasteiger partial charge on any atom is 0.124 e. The molecule has 0 unspecified atom stereocenters. The molecule has 18 heavy (non-hydrogen) atoms. The third-order valence-electron chi connectivity index (χ3n) is 2.52. The topological polar surface area (TPSA) is 38.9 Å². The van der Waals surface area contributed by atoms with Crippen molar-refractivity contribution in [3.05, 3.63) is 45.3 Å². The van der Waals surface area contributed by atoms with Gasteiger partial charge in [-0.2, -0.15) is 0 Å². The second-order valence-electron chi connectivity index (χ2n) is 3.90. The van der Waals surface area contributed by atoms with Crippen molar-refractivity contribution in [3.8, 4) is 10.6 Å². The van der Waals surface area contributed by atoms with E-state index in [9.17, 15) is 0 Å². The molecular weight excluding hydrogens is 376 g/mol. The zero-order valence-electron chi connectivity index (χ0n) is 9.15. The van der Waals surface area contributed by atoms with Crippen LogP contribution in [-0.2, 0) is 0 Å². The third kappa shape index (κ3) is 2.30. The second-order valence-corrected chi connectivity index (χ2v) is 6.77. The molecule has 0 aliphatic carbocycles. The number of aromatic nitrogens is 1. The maximum atomic E-state index is 5.78. The van der Waals surface area contributed by atoms with Gasteiger partial charge >= 0.3 is 0 Å². The molecule has 0 saturated heterocycles. The van der Waals surface area contributed by atoms with Gasteiger partial charge in [-0.1, -0.05) is 31.9 Å². The molecule has 0 fully saturated rings. The number of fused-ring (bicyclic) bond motifs is 1. The van der Waals surface area contributed by atoms with E-state index in [2.05, 4.69) is 49.0 Å². The summed E-state index contributed by atoms with van der Waals surface area (Å²) in [5.41, 5.74) is 8.64. The van der Waals surface area contributed by atoms with Crippen LogP contribution in [0.1, 0.15) is 0 Å². The Labute approximate surface area is 125 Å². The Morgan fingerprint density at radius 1 is 1.00 bits per heavy atom. The van der Waals surface area contributed by atoms with E-state index >= 15 is 0 Å². The van der Waals surface area contributed by atoms with Crippen LogP contribution in [0.15, 0.2) is 45.3 Å². The highest BCUT2D eigenvalue weighted by molar-refractivity contribution is 9.11. The van der Waals surface area contributed by atoms with Crippen molar-refractivity contribution < 1.29 is 0 Å². The molecule has 90 valence electrons. The van der Waals surface area contributed by atoms with E-state index < -0.39 is 0 Å². The summed E-state index contributed by atoms with van der Waals surface area (Å²) < 4.78 is 3.18. The molecule has 1 aromatic heterocycles. The van der Waals surface area contributed by atoms with Crippen molar-refractivity contribution in [3.63, 3.8) is 0 Å². The number of hydrogen-bond donors (Lipinski definition) is 1. The van der Waals surface area contributed by atoms with Crippen LogP contribution in [0.25, 0.3) is 20.8 Å². The van der Waals surface area contributed by atoms with Gasteiger partial charge in [-0.15, -0.1) is 11.3 Å². The average Bonchev–Trinajstić information content (AvgIpc) is 2.70. The maximum absolute atomic E-state index is 5.78. The summed E-state index contributed by atoms with van der Waals surface area (Å²) in [7, 11) is 0. The van der Waals surface area contributed by atoms with Gasteiger partial charge in [0.05, 0.1) is 10.2 Å². The van der Waals surface area contributed by atoms with Crippen LogP contribution in [0.5, 0.6) is 0 Å². The lowest BCUT2D eigenvalue weighted by Crippen LogP contribution is -1.81. The fraction of sp³-hybridized carbons (Fsp3) is 0. The molecule has 0 saturated carbocycles. The van der Waals surface area contributed by atoms with Crippen molar-refractivity contribution in [1.29, 1.82) is 0 Å². The lowest BCUT2D eigenvalue weighted by atomic mass is 10.2. The standard InChI is InChI=1S/C13H8Br2N2S/c14-8-3-7(4-9(15)5-8)13-17-11-2-1-10(16)6-12(11)18-13/h1-6H,16H2. The number of nitrogen functional groups attached to an aromatic ring is 1. The Balaban J connectivity index is 2.19. The Kier molecular flexibility index (Phi) is 3.13. The van der Waals surface area contributed by atoms with Crippen LogP contribution in [0, 0.1) is 0 Å². The molecule has 5 heteroatoms. The Hall–Kier alpha value is -0.910. The van der Waals surface area contributed by atoms with Crippen LogP contribution < -0.4 is 5.73 Å². The van der Waals surface area contributed by atoms with Gasteiger partial charge in [0, 0.05) is 20.2 Å². The monoisotopic (exact) mass is 382 g/mol. The quantitative estimate of drug-likeness (QED) is 0.595. The summed E-state index contributed by atoms with van der Waals surface area (Å²) in [6.45, 7) is 0. The van der Waals surface area contributed by atoms with Crippen LogP contribution in [0.4, 0.5) is 5.69 Å². The van der Waals surface area contributed by atoms with E-state index in [4.69, 9.17) is 5.73 Å². The van der Waals surface area contributed by atoms with Crippen molar-refractivity contribution in [2.24, 2.45) is 0 Å². The molecule has 0 bridgehead atoms. The van der Waals surface area contributed by atoms with Crippen LogP contribution in [-0.4, -0.2) is 4.98 Å². The summed E-state index contributed by atoms with van der Waals surface area (Å²) in [5.74, 6) is 0. The van der Waals surface area contributed by atoms with Gasteiger partial charge in [0.2, 0.25) is 0 Å². The summed E-state index contributed by atoms with van der Waals surface area (Å²) in [5, 5.41) is 0.998. The smallest absolute Gasteiger partial charge is 0.124 e. The first-order valence-electron chi connectivity index (χ1n) is 5.24. The van der Waals surface area contributed by atoms with Crippen molar-refractivity contribution in [2.75, 3.05) is 5.73 Å². The number of rotatable bonds is 1. The molecule has 0 aliphatic heterocycles. The number of nitrogens with zero attached hydrogens (tertiary/aromatic N) is 1. The average molecular weight is 384 g/mol. The number of benzene rings is 2. The first-order valence-corrected chi connectivity index (χ1v) is 7.64. The van der Waals surface area contributed by atoms with Gasteiger partial charge in [-0.3, -0.25) is 0 Å². The number of anilines is 1. The molecule has 0 spiro atoms. The molecule has 0 aliphatic rings. The van der Waals surface area contributed by atoms with E-state index in [1.54, 1.807) is 11.3 Å². The summed E-state index contributed by atoms with van der Waals surface area (Å²) in [6, 6.07) is 11.9. The fourth-order valence-electron chi connectivity index (χ4n) is 1.74. The second kappa shape index (κ2) is 4.64. The van der Waals surface area contributed by atoms with Gasteiger partial charge in [0.15, 0.2) is 0 Å². The molecule has 0 radical (unpaired) electrons. The minimum atomic E-state index is 0.771. The van der Waals surface area contributed by atoms with Gasteiger partial charge in [-0.05, 0) is 36.4 Å². The van der Waals surface area contributed by atoms with Gasteiger partial charge in [0.1, 0.15) is 5.01 Å².